The molecule has 1 aliphatic rings. The Morgan fingerprint density at radius 2 is 1.62 bits per heavy atom. The predicted octanol–water partition coefficient (Wildman–Crippen LogP) is 4.00. The molecule has 160 valence electrons. The van der Waals surface area contributed by atoms with Crippen LogP contribution < -0.4 is 0 Å². The molecule has 8 nitrogen and oxygen atoms in total. The van der Waals surface area contributed by atoms with Gasteiger partial charge in [-0.1, -0.05) is 53.7 Å². The highest BCUT2D eigenvalue weighted by Gasteiger charge is 2.38. The summed E-state index contributed by atoms with van der Waals surface area (Å²) in [4.78, 5) is 10.5. The Morgan fingerprint density at radius 3 is 2.25 bits per heavy atom. The van der Waals surface area contributed by atoms with Crippen molar-refractivity contribution in [3.05, 3.63) is 106 Å². The van der Waals surface area contributed by atoms with Crippen molar-refractivity contribution < 1.29 is 17.7 Å². The molecule has 0 amide bonds. The van der Waals surface area contributed by atoms with Gasteiger partial charge in [-0.25, -0.2) is 17.5 Å². The lowest BCUT2D eigenvalue weighted by Crippen LogP contribution is -2.15. The maximum Gasteiger partial charge on any atom is 0.297 e. The van der Waals surface area contributed by atoms with E-state index >= 15 is 0 Å². The van der Waals surface area contributed by atoms with Crippen molar-refractivity contribution in [2.45, 2.75) is 11.0 Å². The van der Waals surface area contributed by atoms with E-state index in [-0.39, 0.29) is 11.4 Å². The van der Waals surface area contributed by atoms with E-state index in [0.717, 1.165) is 27.9 Å². The van der Waals surface area contributed by atoms with Crippen molar-refractivity contribution >= 4 is 15.5 Å². The zero-order valence-electron chi connectivity index (χ0n) is 16.4. The normalized spacial score (nSPS) is 13.0. The molecule has 10 heteroatoms. The van der Waals surface area contributed by atoms with E-state index in [1.807, 2.05) is 24.3 Å². The third-order valence-electron chi connectivity index (χ3n) is 5.41. The summed E-state index contributed by atoms with van der Waals surface area (Å²) in [6.07, 6.45) is 1.31. The van der Waals surface area contributed by atoms with Gasteiger partial charge in [-0.3, -0.25) is 10.1 Å². The second kappa shape index (κ2) is 7.34. The number of nitro groups is 1. The monoisotopic (exact) mass is 450 g/mol. The zero-order valence-corrected chi connectivity index (χ0v) is 17.2. The van der Waals surface area contributed by atoms with Gasteiger partial charge in [0.2, 0.25) is 0 Å². The summed E-state index contributed by atoms with van der Waals surface area (Å²) in [6, 6.07) is 17.8. The van der Waals surface area contributed by atoms with Crippen LogP contribution in [0.5, 0.6) is 0 Å². The van der Waals surface area contributed by atoms with E-state index in [2.05, 4.69) is 10.3 Å². The van der Waals surface area contributed by atoms with Gasteiger partial charge in [-0.2, -0.15) is 0 Å². The van der Waals surface area contributed by atoms with E-state index < -0.39 is 37.3 Å². The largest absolute Gasteiger partial charge is 0.297 e. The molecule has 1 aliphatic carbocycles. The van der Waals surface area contributed by atoms with E-state index in [0.29, 0.717) is 11.1 Å². The fourth-order valence-corrected chi connectivity index (χ4v) is 6.00. The first-order chi connectivity index (χ1) is 15.3. The van der Waals surface area contributed by atoms with E-state index in [1.165, 1.54) is 12.3 Å². The van der Waals surface area contributed by atoms with Gasteiger partial charge < -0.3 is 0 Å². The number of nitro benzene ring substituents is 1. The van der Waals surface area contributed by atoms with Gasteiger partial charge in [0.15, 0.2) is 9.84 Å². The minimum atomic E-state index is -3.75. The Hall–Kier alpha value is -3.92. The fourth-order valence-electron chi connectivity index (χ4n) is 4.10. The van der Waals surface area contributed by atoms with Crippen LogP contribution in [0.2, 0.25) is 0 Å². The molecule has 0 saturated heterocycles. The number of halogens is 1. The summed E-state index contributed by atoms with van der Waals surface area (Å²) in [5, 5.41) is 18.2. The Kier molecular flexibility index (Phi) is 4.59. The maximum atomic E-state index is 13.5. The third kappa shape index (κ3) is 3.25. The lowest BCUT2D eigenvalue weighted by molar-refractivity contribution is -0.384. The quantitative estimate of drug-likeness (QED) is 0.336. The average Bonchev–Trinajstić information content (AvgIpc) is 3.36. The van der Waals surface area contributed by atoms with Crippen molar-refractivity contribution in [1.82, 2.24) is 15.0 Å². The van der Waals surface area contributed by atoms with Gasteiger partial charge in [-0.15, -0.1) is 5.10 Å². The Labute approximate surface area is 182 Å². The SMILES string of the molecule is O=[N+]([O-])c1cc(F)ccc1-n1cc(CS(=O)(=O)C2c3ccccc3-c3ccccc32)nn1. The zero-order chi connectivity index (χ0) is 22.5. The van der Waals surface area contributed by atoms with Crippen LogP contribution in [0.3, 0.4) is 0 Å². The van der Waals surface area contributed by atoms with Gasteiger partial charge in [0, 0.05) is 0 Å². The smallest absolute Gasteiger partial charge is 0.258 e. The molecule has 5 rings (SSSR count). The van der Waals surface area contributed by atoms with Crippen molar-refractivity contribution in [3.63, 3.8) is 0 Å². The summed E-state index contributed by atoms with van der Waals surface area (Å²) in [7, 11) is -3.75. The minimum absolute atomic E-state index is 0.0101. The average molecular weight is 450 g/mol. The van der Waals surface area contributed by atoms with Crippen molar-refractivity contribution in [3.8, 4) is 16.8 Å². The Bertz CT molecular complexity index is 1440. The standard InChI is InChI=1S/C22H15FN4O4S/c23-14-9-10-20(21(11-14)27(28)29)26-12-15(24-25-26)13-32(30,31)22-18-7-3-1-5-16(18)17-6-2-4-8-19(17)22/h1-12,22H,13H2. The summed E-state index contributed by atoms with van der Waals surface area (Å²) in [5.74, 6) is -1.17. The molecule has 3 aromatic carbocycles. The van der Waals surface area contributed by atoms with Crippen LogP contribution >= 0.6 is 0 Å². The number of hydrogen-bond donors (Lipinski definition) is 0. The molecule has 0 radical (unpaired) electrons. The highest BCUT2D eigenvalue weighted by Crippen LogP contribution is 2.47. The van der Waals surface area contributed by atoms with Crippen molar-refractivity contribution in [1.29, 1.82) is 0 Å². The molecular weight excluding hydrogens is 435 g/mol. The Morgan fingerprint density at radius 1 is 1.00 bits per heavy atom. The van der Waals surface area contributed by atoms with Crippen LogP contribution in [0.25, 0.3) is 16.8 Å². The summed E-state index contributed by atoms with van der Waals surface area (Å²) >= 11 is 0. The Balaban J connectivity index is 1.51. The molecule has 0 atom stereocenters. The molecule has 0 N–H and O–H groups in total. The van der Waals surface area contributed by atoms with Gasteiger partial charge in [0.1, 0.15) is 16.8 Å². The first-order valence-corrected chi connectivity index (χ1v) is 11.3. The first kappa shape index (κ1) is 20.0. The summed E-state index contributed by atoms with van der Waals surface area (Å²) in [6.45, 7) is 0. The number of hydrogen-bond acceptors (Lipinski definition) is 6. The molecule has 0 spiro atoms. The molecule has 0 saturated carbocycles. The van der Waals surface area contributed by atoms with Gasteiger partial charge in [0.05, 0.1) is 28.6 Å². The molecule has 1 heterocycles. The topological polar surface area (TPSA) is 108 Å². The molecule has 0 fully saturated rings. The third-order valence-corrected chi connectivity index (χ3v) is 7.33. The van der Waals surface area contributed by atoms with Crippen LogP contribution in [-0.4, -0.2) is 28.3 Å². The van der Waals surface area contributed by atoms with Crippen LogP contribution in [0.1, 0.15) is 22.1 Å². The number of nitrogens with zero attached hydrogens (tertiary/aromatic N) is 4. The summed E-state index contributed by atoms with van der Waals surface area (Å²) in [5.41, 5.74) is 2.78. The van der Waals surface area contributed by atoms with Crippen LogP contribution in [0.15, 0.2) is 72.9 Å². The summed E-state index contributed by atoms with van der Waals surface area (Å²) < 4.78 is 41.4. The minimum Gasteiger partial charge on any atom is -0.258 e. The highest BCUT2D eigenvalue weighted by atomic mass is 32.2. The fraction of sp³-hybridized carbons (Fsp3) is 0.0909. The second-order valence-electron chi connectivity index (χ2n) is 7.41. The van der Waals surface area contributed by atoms with Gasteiger partial charge >= 0.3 is 0 Å². The predicted molar refractivity (Wildman–Crippen MR) is 114 cm³/mol. The number of aromatic nitrogens is 3. The van der Waals surface area contributed by atoms with E-state index in [9.17, 15) is 22.9 Å². The highest BCUT2D eigenvalue weighted by molar-refractivity contribution is 7.91. The number of rotatable bonds is 5. The van der Waals surface area contributed by atoms with E-state index in [1.54, 1.807) is 24.3 Å². The van der Waals surface area contributed by atoms with Crippen LogP contribution in [0, 0.1) is 15.9 Å². The molecule has 1 aromatic heterocycles. The molecule has 0 bridgehead atoms. The lowest BCUT2D eigenvalue weighted by Gasteiger charge is -2.14. The van der Waals surface area contributed by atoms with Gasteiger partial charge in [0.25, 0.3) is 5.69 Å². The molecular formula is C22H15FN4O4S. The first-order valence-electron chi connectivity index (χ1n) is 9.60. The molecule has 4 aromatic rings. The second-order valence-corrected chi connectivity index (χ2v) is 9.49. The maximum absolute atomic E-state index is 13.5. The van der Waals surface area contributed by atoms with Gasteiger partial charge in [-0.05, 0) is 34.4 Å². The number of fused-ring (bicyclic) bond motifs is 3. The van der Waals surface area contributed by atoms with Crippen molar-refractivity contribution in [2.75, 3.05) is 0 Å². The molecule has 0 unspecified atom stereocenters. The molecule has 32 heavy (non-hydrogen) atoms. The lowest BCUT2D eigenvalue weighted by atomic mass is 10.1. The van der Waals surface area contributed by atoms with Crippen LogP contribution in [0.4, 0.5) is 10.1 Å². The number of sulfone groups is 1. The van der Waals surface area contributed by atoms with E-state index in [4.69, 9.17) is 0 Å². The van der Waals surface area contributed by atoms with Crippen molar-refractivity contribution in [2.24, 2.45) is 0 Å². The molecule has 0 aliphatic heterocycles. The number of benzene rings is 3. The van der Waals surface area contributed by atoms with Crippen LogP contribution in [-0.2, 0) is 15.6 Å².